The molecule has 188 valence electrons. The van der Waals surface area contributed by atoms with E-state index < -0.39 is 17.4 Å². The number of carbonyl (C=O) groups excluding carboxylic acids is 2. The summed E-state index contributed by atoms with van der Waals surface area (Å²) in [6.07, 6.45) is 8.47. The molecule has 1 aliphatic carbocycles. The van der Waals surface area contributed by atoms with Crippen LogP contribution < -0.4 is 15.8 Å². The zero-order valence-corrected chi connectivity index (χ0v) is 20.5. The molecule has 7 nitrogen and oxygen atoms in total. The van der Waals surface area contributed by atoms with Crippen molar-refractivity contribution in [1.82, 2.24) is 15.2 Å². The number of ether oxygens (including phenoxy) is 1. The second-order valence-corrected chi connectivity index (χ2v) is 9.87. The van der Waals surface area contributed by atoms with E-state index in [1.165, 1.54) is 12.1 Å². The van der Waals surface area contributed by atoms with Crippen LogP contribution in [0.2, 0.25) is 0 Å². The second-order valence-electron chi connectivity index (χ2n) is 9.87. The van der Waals surface area contributed by atoms with Crippen LogP contribution in [0.25, 0.3) is 0 Å². The Morgan fingerprint density at radius 2 is 1.86 bits per heavy atom. The third kappa shape index (κ3) is 5.32. The Morgan fingerprint density at radius 1 is 1.14 bits per heavy atom. The fraction of sp³-hybridized carbons (Fsp3) is 0.519. The topological polar surface area (TPSA) is 97.5 Å². The molecule has 2 aromatic rings. The van der Waals surface area contributed by atoms with Crippen molar-refractivity contribution in [2.45, 2.75) is 63.5 Å². The van der Waals surface area contributed by atoms with Gasteiger partial charge in [0.15, 0.2) is 0 Å². The molecular formula is C27H35FN4O3. The van der Waals surface area contributed by atoms with Crippen molar-refractivity contribution in [3.05, 3.63) is 54.0 Å². The molecule has 35 heavy (non-hydrogen) atoms. The van der Waals surface area contributed by atoms with Crippen LogP contribution in [-0.4, -0.2) is 40.8 Å². The second kappa shape index (κ2) is 10.7. The summed E-state index contributed by atoms with van der Waals surface area (Å²) in [4.78, 5) is 32.9. The van der Waals surface area contributed by atoms with Gasteiger partial charge in [-0.1, -0.05) is 19.3 Å². The maximum absolute atomic E-state index is 14.1. The maximum atomic E-state index is 14.1. The number of nitrogens with one attached hydrogen (secondary N) is 1. The molecule has 1 aromatic heterocycles. The number of nitrogens with two attached hydrogens (primary N) is 1. The minimum Gasteiger partial charge on any atom is -0.439 e. The first kappa shape index (κ1) is 25.1. The molecule has 0 bridgehead atoms. The highest BCUT2D eigenvalue weighted by Gasteiger charge is 2.50. The molecule has 1 saturated carbocycles. The van der Waals surface area contributed by atoms with Gasteiger partial charge >= 0.3 is 0 Å². The molecule has 1 aromatic carbocycles. The number of hydrogen-bond donors (Lipinski definition) is 2. The Balaban J connectivity index is 1.60. The van der Waals surface area contributed by atoms with Gasteiger partial charge < -0.3 is 20.7 Å². The molecule has 2 amide bonds. The number of nitrogens with zero attached hydrogens (tertiary/aromatic N) is 2. The van der Waals surface area contributed by atoms with Crippen molar-refractivity contribution in [1.29, 1.82) is 0 Å². The number of halogens is 1. The number of rotatable bonds is 8. The van der Waals surface area contributed by atoms with Crippen molar-refractivity contribution in [3.63, 3.8) is 0 Å². The summed E-state index contributed by atoms with van der Waals surface area (Å²) >= 11 is 0. The number of likely N-dealkylation sites (tertiary alicyclic amines) is 1. The fourth-order valence-electron chi connectivity index (χ4n) is 5.69. The number of hydrogen-bond acceptors (Lipinski definition) is 5. The van der Waals surface area contributed by atoms with E-state index in [4.69, 9.17) is 10.5 Å². The summed E-state index contributed by atoms with van der Waals surface area (Å²) in [6, 6.07) is 9.36. The molecule has 8 heteroatoms. The lowest BCUT2D eigenvalue weighted by Crippen LogP contribution is -2.63. The van der Waals surface area contributed by atoms with Gasteiger partial charge in [-0.25, -0.2) is 9.37 Å². The molecule has 0 spiro atoms. The standard InChI is InChI=1S/C27H35FN4O3/c1-27(30-2,26(29)34)24(18-7-4-3-5-8-18)25(33)32-16-6-9-22(32)19-14-15-31-23(17-19)35-21-12-10-20(28)11-13-21/h10-15,17-18,22,24,30H,3-9,16H2,1-2H3,(H2,29,34)/t22-,24+,27?/m0/s1. The molecule has 2 fully saturated rings. The number of aromatic nitrogens is 1. The van der Waals surface area contributed by atoms with Crippen LogP contribution in [0.15, 0.2) is 42.6 Å². The summed E-state index contributed by atoms with van der Waals surface area (Å²) in [5, 5.41) is 3.10. The van der Waals surface area contributed by atoms with Crippen molar-refractivity contribution >= 4 is 11.8 Å². The molecule has 4 rings (SSSR count). The Bertz CT molecular complexity index is 1040. The monoisotopic (exact) mass is 482 g/mol. The zero-order valence-electron chi connectivity index (χ0n) is 20.5. The summed E-state index contributed by atoms with van der Waals surface area (Å²) in [7, 11) is 1.71. The van der Waals surface area contributed by atoms with E-state index in [1.54, 1.807) is 32.3 Å². The molecule has 3 atom stereocenters. The smallest absolute Gasteiger partial charge is 0.238 e. The van der Waals surface area contributed by atoms with Crippen LogP contribution in [0.4, 0.5) is 4.39 Å². The van der Waals surface area contributed by atoms with E-state index in [1.807, 2.05) is 17.0 Å². The van der Waals surface area contributed by atoms with Crippen molar-refractivity contribution in [2.24, 2.45) is 17.6 Å². The number of amides is 2. The Morgan fingerprint density at radius 3 is 2.51 bits per heavy atom. The predicted octanol–water partition coefficient (Wildman–Crippen LogP) is 4.34. The van der Waals surface area contributed by atoms with Crippen LogP contribution in [0.3, 0.4) is 0 Å². The van der Waals surface area contributed by atoms with Crippen LogP contribution in [0, 0.1) is 17.7 Å². The molecule has 0 radical (unpaired) electrons. The molecule has 1 aliphatic heterocycles. The van der Waals surface area contributed by atoms with E-state index in [2.05, 4.69) is 10.3 Å². The predicted molar refractivity (Wildman–Crippen MR) is 131 cm³/mol. The first-order chi connectivity index (χ1) is 16.8. The average molecular weight is 483 g/mol. The van der Waals surface area contributed by atoms with Crippen LogP contribution in [0.1, 0.15) is 63.5 Å². The van der Waals surface area contributed by atoms with E-state index in [-0.39, 0.29) is 23.7 Å². The van der Waals surface area contributed by atoms with Crippen LogP contribution >= 0.6 is 0 Å². The van der Waals surface area contributed by atoms with Crippen molar-refractivity contribution < 1.29 is 18.7 Å². The van der Waals surface area contributed by atoms with Crippen molar-refractivity contribution in [2.75, 3.05) is 13.6 Å². The van der Waals surface area contributed by atoms with Gasteiger partial charge in [-0.05, 0) is 81.5 Å². The summed E-state index contributed by atoms with van der Waals surface area (Å²) in [5.41, 5.74) is 5.66. The summed E-state index contributed by atoms with van der Waals surface area (Å²) < 4.78 is 19.1. The third-order valence-corrected chi connectivity index (χ3v) is 7.76. The quantitative estimate of drug-likeness (QED) is 0.584. The van der Waals surface area contributed by atoms with Gasteiger partial charge in [0.05, 0.1) is 12.0 Å². The van der Waals surface area contributed by atoms with Gasteiger partial charge in [-0.15, -0.1) is 0 Å². The minimum atomic E-state index is -1.12. The third-order valence-electron chi connectivity index (χ3n) is 7.76. The van der Waals surface area contributed by atoms with Crippen molar-refractivity contribution in [3.8, 4) is 11.6 Å². The lowest BCUT2D eigenvalue weighted by atomic mass is 9.69. The number of carbonyl (C=O) groups is 2. The fourth-order valence-corrected chi connectivity index (χ4v) is 5.69. The Hall–Kier alpha value is -3.00. The number of pyridine rings is 1. The number of primary amides is 1. The Kier molecular flexibility index (Phi) is 7.69. The number of likely N-dealkylation sites (N-methyl/N-ethyl adjacent to an activating group) is 1. The molecule has 1 unspecified atom stereocenters. The average Bonchev–Trinajstić information content (AvgIpc) is 3.36. The van der Waals surface area contributed by atoms with E-state index in [0.717, 1.165) is 50.5 Å². The molecule has 2 aliphatic rings. The SMILES string of the molecule is CNC(C)(C(N)=O)[C@@H](C(=O)N1CCC[C@H]1c1ccnc(Oc2ccc(F)cc2)c1)C1CCCCC1. The molecule has 1 saturated heterocycles. The molecule has 2 heterocycles. The van der Waals surface area contributed by atoms with Crippen LogP contribution in [-0.2, 0) is 9.59 Å². The summed E-state index contributed by atoms with van der Waals surface area (Å²) in [6.45, 7) is 2.39. The highest BCUT2D eigenvalue weighted by Crippen LogP contribution is 2.41. The summed E-state index contributed by atoms with van der Waals surface area (Å²) in [5.74, 6) is -0.406. The first-order valence-electron chi connectivity index (χ1n) is 12.5. The van der Waals surface area contributed by atoms with Gasteiger partial charge in [-0.2, -0.15) is 0 Å². The molecular weight excluding hydrogens is 447 g/mol. The van der Waals surface area contributed by atoms with Gasteiger partial charge in [0.25, 0.3) is 0 Å². The van der Waals surface area contributed by atoms with Gasteiger partial charge in [0, 0.05) is 18.8 Å². The van der Waals surface area contributed by atoms with E-state index in [0.29, 0.717) is 18.2 Å². The highest BCUT2D eigenvalue weighted by atomic mass is 19.1. The zero-order chi connectivity index (χ0) is 25.0. The minimum absolute atomic E-state index is 0.0205. The largest absolute Gasteiger partial charge is 0.439 e. The van der Waals surface area contributed by atoms with E-state index in [9.17, 15) is 14.0 Å². The Labute approximate surface area is 206 Å². The normalized spacial score (nSPS) is 21.3. The lowest BCUT2D eigenvalue weighted by Gasteiger charge is -2.43. The lowest BCUT2D eigenvalue weighted by molar-refractivity contribution is -0.147. The maximum Gasteiger partial charge on any atom is 0.238 e. The first-order valence-corrected chi connectivity index (χ1v) is 12.5. The van der Waals surface area contributed by atoms with Gasteiger partial charge in [0.1, 0.15) is 17.1 Å². The van der Waals surface area contributed by atoms with E-state index >= 15 is 0 Å². The van der Waals surface area contributed by atoms with Gasteiger partial charge in [-0.3, -0.25) is 9.59 Å². The molecule has 3 N–H and O–H groups in total. The highest BCUT2D eigenvalue weighted by molar-refractivity contribution is 5.93. The van der Waals surface area contributed by atoms with Crippen LogP contribution in [0.5, 0.6) is 11.6 Å². The number of benzene rings is 1. The van der Waals surface area contributed by atoms with Gasteiger partial charge in [0.2, 0.25) is 17.7 Å².